The number of methoxy groups -OCH3 is 2. The molecule has 5 nitrogen and oxygen atoms in total. The Kier molecular flexibility index (Phi) is 3.69. The lowest BCUT2D eigenvalue weighted by molar-refractivity contribution is 0.414. The molecule has 0 aliphatic rings. The van der Waals surface area contributed by atoms with Crippen LogP contribution in [0.3, 0.4) is 0 Å². The highest BCUT2D eigenvalue weighted by molar-refractivity contribution is 6.02. The molecule has 0 unspecified atom stereocenters. The Morgan fingerprint density at radius 2 is 1.40 bits per heavy atom. The van der Waals surface area contributed by atoms with E-state index < -0.39 is 0 Å². The number of ether oxygens (including phenoxy) is 2. The molecule has 0 aliphatic heterocycles. The van der Waals surface area contributed by atoms with E-state index in [1.807, 2.05) is 42.2 Å². The number of fused-ring (bicyclic) bond motifs is 1. The van der Waals surface area contributed by atoms with E-state index in [1.54, 1.807) is 14.2 Å². The summed E-state index contributed by atoms with van der Waals surface area (Å²) in [6.45, 7) is 0. The van der Waals surface area contributed by atoms with E-state index in [9.17, 15) is 0 Å². The number of aromatic nitrogens is 3. The monoisotopic (exact) mass is 333 g/mol. The van der Waals surface area contributed by atoms with Crippen LogP contribution in [0.15, 0.2) is 54.7 Å². The third-order valence-electron chi connectivity index (χ3n) is 4.46. The van der Waals surface area contributed by atoms with Crippen molar-refractivity contribution in [1.29, 1.82) is 0 Å². The van der Waals surface area contributed by atoms with E-state index in [4.69, 9.17) is 9.47 Å². The molecule has 4 aromatic rings. The number of rotatable bonds is 4. The summed E-state index contributed by atoms with van der Waals surface area (Å²) < 4.78 is 12.4. The number of hydrogen-bond acceptors (Lipinski definition) is 3. The molecule has 0 amide bonds. The average molecular weight is 333 g/mol. The van der Waals surface area contributed by atoms with Gasteiger partial charge in [0.15, 0.2) is 0 Å². The molecule has 2 heterocycles. The Labute approximate surface area is 145 Å². The van der Waals surface area contributed by atoms with Crippen LogP contribution in [0.25, 0.3) is 33.4 Å². The first-order chi connectivity index (χ1) is 12.2. The van der Waals surface area contributed by atoms with E-state index in [1.165, 1.54) is 0 Å². The number of benzene rings is 2. The van der Waals surface area contributed by atoms with Crippen molar-refractivity contribution in [3.05, 3.63) is 54.7 Å². The maximum Gasteiger partial charge on any atom is 0.136 e. The Morgan fingerprint density at radius 1 is 0.840 bits per heavy atom. The van der Waals surface area contributed by atoms with Crippen LogP contribution in [0.2, 0.25) is 0 Å². The minimum Gasteiger partial charge on any atom is -0.497 e. The Morgan fingerprint density at radius 3 is 1.96 bits per heavy atom. The molecule has 2 aromatic heterocycles. The van der Waals surface area contributed by atoms with Crippen LogP contribution in [0, 0.1) is 0 Å². The van der Waals surface area contributed by atoms with Crippen molar-refractivity contribution in [2.24, 2.45) is 7.05 Å². The number of aromatic amines is 1. The highest BCUT2D eigenvalue weighted by Crippen LogP contribution is 2.39. The summed E-state index contributed by atoms with van der Waals surface area (Å²) in [7, 11) is 5.29. The quantitative estimate of drug-likeness (QED) is 0.607. The lowest BCUT2D eigenvalue weighted by Crippen LogP contribution is -1.90. The second-order valence-corrected chi connectivity index (χ2v) is 5.86. The molecular formula is C20H19N3O2. The molecule has 126 valence electrons. The largest absolute Gasteiger partial charge is 0.497 e. The summed E-state index contributed by atoms with van der Waals surface area (Å²) in [6, 6.07) is 16.1. The first-order valence-electron chi connectivity index (χ1n) is 8.04. The molecule has 0 radical (unpaired) electrons. The Hall–Kier alpha value is -3.21. The number of aryl methyl sites for hydroxylation is 1. The van der Waals surface area contributed by atoms with Gasteiger partial charge in [-0.05, 0) is 47.5 Å². The summed E-state index contributed by atoms with van der Waals surface area (Å²) >= 11 is 0. The van der Waals surface area contributed by atoms with Crippen LogP contribution < -0.4 is 9.47 Å². The second-order valence-electron chi connectivity index (χ2n) is 5.86. The van der Waals surface area contributed by atoms with Crippen LogP contribution in [-0.4, -0.2) is 29.0 Å². The van der Waals surface area contributed by atoms with Crippen molar-refractivity contribution in [1.82, 2.24) is 14.8 Å². The lowest BCUT2D eigenvalue weighted by Gasteiger charge is -2.07. The third-order valence-corrected chi connectivity index (χ3v) is 4.46. The topological polar surface area (TPSA) is 52.1 Å². The van der Waals surface area contributed by atoms with Gasteiger partial charge in [-0.3, -0.25) is 4.68 Å². The van der Waals surface area contributed by atoms with E-state index in [2.05, 4.69) is 34.3 Å². The number of nitrogens with zero attached hydrogens (tertiary/aromatic N) is 2. The van der Waals surface area contributed by atoms with E-state index in [-0.39, 0.29) is 0 Å². The predicted molar refractivity (Wildman–Crippen MR) is 99.0 cm³/mol. The summed E-state index contributed by atoms with van der Waals surface area (Å²) in [5, 5.41) is 5.47. The first kappa shape index (κ1) is 15.3. The molecule has 5 heteroatoms. The molecule has 25 heavy (non-hydrogen) atoms. The van der Waals surface area contributed by atoms with Gasteiger partial charge in [0, 0.05) is 18.0 Å². The maximum absolute atomic E-state index is 5.28. The van der Waals surface area contributed by atoms with Crippen molar-refractivity contribution in [2.75, 3.05) is 14.2 Å². The van der Waals surface area contributed by atoms with E-state index in [0.717, 1.165) is 44.9 Å². The molecule has 0 saturated carbocycles. The standard InChI is InChI=1S/C20H19N3O2/c1-23-20-17(12-21-23)18(13-4-8-15(24-2)9-5-13)19(22-20)14-6-10-16(25-3)11-7-14/h4-12,22H,1-3H3. The zero-order chi connectivity index (χ0) is 17.4. The zero-order valence-electron chi connectivity index (χ0n) is 14.4. The van der Waals surface area contributed by atoms with Crippen LogP contribution >= 0.6 is 0 Å². The Bertz CT molecular complexity index is 1010. The zero-order valence-corrected chi connectivity index (χ0v) is 14.4. The van der Waals surface area contributed by atoms with Crippen molar-refractivity contribution >= 4 is 11.0 Å². The first-order valence-corrected chi connectivity index (χ1v) is 8.04. The summed E-state index contributed by atoms with van der Waals surface area (Å²) in [5.74, 6) is 1.68. The van der Waals surface area contributed by atoms with Crippen LogP contribution in [-0.2, 0) is 7.05 Å². The summed E-state index contributed by atoms with van der Waals surface area (Å²) in [4.78, 5) is 3.52. The fourth-order valence-corrected chi connectivity index (χ4v) is 3.12. The summed E-state index contributed by atoms with van der Waals surface area (Å²) in [5.41, 5.74) is 5.41. The summed E-state index contributed by atoms with van der Waals surface area (Å²) in [6.07, 6.45) is 1.90. The van der Waals surface area contributed by atoms with Gasteiger partial charge in [-0.15, -0.1) is 0 Å². The van der Waals surface area contributed by atoms with Crippen molar-refractivity contribution < 1.29 is 9.47 Å². The molecular weight excluding hydrogens is 314 g/mol. The van der Waals surface area contributed by atoms with Gasteiger partial charge in [0.25, 0.3) is 0 Å². The van der Waals surface area contributed by atoms with Crippen LogP contribution in [0.4, 0.5) is 0 Å². The third kappa shape index (κ3) is 2.54. The molecule has 0 bridgehead atoms. The van der Waals surface area contributed by atoms with Gasteiger partial charge in [-0.2, -0.15) is 5.10 Å². The molecule has 1 N–H and O–H groups in total. The average Bonchev–Trinajstić information content (AvgIpc) is 3.22. The SMILES string of the molecule is COc1ccc(-c2[nH]c3c(cnn3C)c2-c2ccc(OC)cc2)cc1. The number of hydrogen-bond donors (Lipinski definition) is 1. The van der Waals surface area contributed by atoms with Crippen molar-refractivity contribution in [2.45, 2.75) is 0 Å². The highest BCUT2D eigenvalue weighted by atomic mass is 16.5. The number of H-pyrrole nitrogens is 1. The Balaban J connectivity index is 1.93. The van der Waals surface area contributed by atoms with Gasteiger partial charge in [-0.1, -0.05) is 12.1 Å². The van der Waals surface area contributed by atoms with Crippen molar-refractivity contribution in [3.63, 3.8) is 0 Å². The molecule has 0 fully saturated rings. The minimum atomic E-state index is 0.840. The van der Waals surface area contributed by atoms with E-state index in [0.29, 0.717) is 0 Å². The molecule has 2 aromatic carbocycles. The van der Waals surface area contributed by atoms with Gasteiger partial charge in [-0.25, -0.2) is 0 Å². The van der Waals surface area contributed by atoms with Gasteiger partial charge in [0.1, 0.15) is 17.1 Å². The number of nitrogens with one attached hydrogen (secondary N) is 1. The van der Waals surface area contributed by atoms with Gasteiger partial charge >= 0.3 is 0 Å². The van der Waals surface area contributed by atoms with E-state index >= 15 is 0 Å². The normalized spacial score (nSPS) is 11.0. The minimum absolute atomic E-state index is 0.840. The molecule has 0 aliphatic carbocycles. The molecule has 0 saturated heterocycles. The predicted octanol–water partition coefficient (Wildman–Crippen LogP) is 4.25. The van der Waals surface area contributed by atoms with Gasteiger partial charge < -0.3 is 14.5 Å². The smallest absolute Gasteiger partial charge is 0.136 e. The van der Waals surface area contributed by atoms with Gasteiger partial charge in [0.2, 0.25) is 0 Å². The van der Waals surface area contributed by atoms with Crippen LogP contribution in [0.5, 0.6) is 11.5 Å². The van der Waals surface area contributed by atoms with Gasteiger partial charge in [0.05, 0.1) is 26.1 Å². The fraction of sp³-hybridized carbons (Fsp3) is 0.150. The molecule has 0 atom stereocenters. The molecule has 4 rings (SSSR count). The second kappa shape index (κ2) is 6.02. The molecule has 0 spiro atoms. The maximum atomic E-state index is 5.28. The lowest BCUT2D eigenvalue weighted by atomic mass is 9.99. The highest BCUT2D eigenvalue weighted by Gasteiger charge is 2.17. The fourth-order valence-electron chi connectivity index (χ4n) is 3.12. The van der Waals surface area contributed by atoms with Crippen molar-refractivity contribution in [3.8, 4) is 33.9 Å². The van der Waals surface area contributed by atoms with Crippen LogP contribution in [0.1, 0.15) is 0 Å².